The normalized spacial score (nSPS) is 19.7. The molecule has 19 heavy (non-hydrogen) atoms. The number of amides is 1. The zero-order valence-electron chi connectivity index (χ0n) is 11.8. The van der Waals surface area contributed by atoms with Crippen molar-refractivity contribution in [2.45, 2.75) is 25.4 Å². The van der Waals surface area contributed by atoms with Crippen LogP contribution in [0.15, 0.2) is 18.3 Å². The number of nitrogens with zero attached hydrogens (tertiary/aromatic N) is 2. The van der Waals surface area contributed by atoms with Crippen LogP contribution in [0.1, 0.15) is 23.3 Å². The summed E-state index contributed by atoms with van der Waals surface area (Å²) in [5, 5.41) is 3.26. The molecule has 1 fully saturated rings. The Morgan fingerprint density at radius 1 is 1.58 bits per heavy atom. The fourth-order valence-electron chi connectivity index (χ4n) is 2.55. The number of hydrogen-bond donors (Lipinski definition) is 1. The van der Waals surface area contributed by atoms with Gasteiger partial charge < -0.3 is 19.5 Å². The summed E-state index contributed by atoms with van der Waals surface area (Å²) >= 11 is 0. The maximum absolute atomic E-state index is 12.5. The van der Waals surface area contributed by atoms with Crippen LogP contribution in [-0.4, -0.2) is 55.3 Å². The Kier molecular flexibility index (Phi) is 4.99. The molecule has 1 amide bonds. The van der Waals surface area contributed by atoms with E-state index in [4.69, 9.17) is 4.74 Å². The van der Waals surface area contributed by atoms with Crippen LogP contribution in [0.5, 0.6) is 0 Å². The van der Waals surface area contributed by atoms with Gasteiger partial charge in [0, 0.05) is 39.0 Å². The summed E-state index contributed by atoms with van der Waals surface area (Å²) in [6.07, 6.45) is 4.15. The number of carbonyl (C=O) groups excluding carboxylic acids is 1. The van der Waals surface area contributed by atoms with Crippen LogP contribution >= 0.6 is 0 Å². The molecular weight excluding hydrogens is 242 g/mol. The summed E-state index contributed by atoms with van der Waals surface area (Å²) in [5.74, 6) is 0.126. The molecule has 1 unspecified atom stereocenters. The molecule has 1 aliphatic heterocycles. The van der Waals surface area contributed by atoms with Gasteiger partial charge in [-0.25, -0.2) is 0 Å². The fraction of sp³-hybridized carbons (Fsp3) is 0.643. The van der Waals surface area contributed by atoms with E-state index < -0.39 is 0 Å². The van der Waals surface area contributed by atoms with Crippen LogP contribution in [-0.2, 0) is 11.3 Å². The Bertz CT molecular complexity index is 417. The lowest BCUT2D eigenvalue weighted by molar-refractivity contribution is 0.0685. The number of aromatic nitrogens is 1. The van der Waals surface area contributed by atoms with Crippen LogP contribution in [0.3, 0.4) is 0 Å². The fourth-order valence-corrected chi connectivity index (χ4v) is 2.55. The van der Waals surface area contributed by atoms with Gasteiger partial charge in [0.1, 0.15) is 5.69 Å². The first-order valence-electron chi connectivity index (χ1n) is 6.87. The molecule has 0 radical (unpaired) electrons. The van der Waals surface area contributed by atoms with E-state index >= 15 is 0 Å². The molecule has 0 bridgehead atoms. The van der Waals surface area contributed by atoms with E-state index in [2.05, 4.69) is 5.32 Å². The van der Waals surface area contributed by atoms with Gasteiger partial charge in [-0.3, -0.25) is 4.79 Å². The van der Waals surface area contributed by atoms with Crippen molar-refractivity contribution in [3.05, 3.63) is 24.0 Å². The molecule has 1 atom stereocenters. The third kappa shape index (κ3) is 3.36. The van der Waals surface area contributed by atoms with Gasteiger partial charge >= 0.3 is 0 Å². The first-order chi connectivity index (χ1) is 9.26. The van der Waals surface area contributed by atoms with E-state index in [0.29, 0.717) is 19.2 Å². The minimum Gasteiger partial charge on any atom is -0.383 e. The van der Waals surface area contributed by atoms with Crippen LogP contribution in [0.2, 0.25) is 0 Å². The highest BCUT2D eigenvalue weighted by Gasteiger charge is 2.24. The molecule has 5 heteroatoms. The van der Waals surface area contributed by atoms with Gasteiger partial charge in [0.2, 0.25) is 0 Å². The molecule has 1 saturated heterocycles. The summed E-state index contributed by atoms with van der Waals surface area (Å²) in [6.45, 7) is 2.99. The Labute approximate surface area is 114 Å². The molecule has 1 aromatic heterocycles. The highest BCUT2D eigenvalue weighted by atomic mass is 16.5. The zero-order chi connectivity index (χ0) is 13.7. The molecule has 1 N–H and O–H groups in total. The molecule has 0 saturated carbocycles. The Morgan fingerprint density at radius 2 is 2.42 bits per heavy atom. The number of nitrogens with one attached hydrogen (secondary N) is 1. The molecule has 1 aromatic rings. The van der Waals surface area contributed by atoms with Gasteiger partial charge in [0.05, 0.1) is 6.61 Å². The predicted octanol–water partition coefficient (Wildman–Crippen LogP) is 0.958. The molecule has 2 heterocycles. The second-order valence-electron chi connectivity index (χ2n) is 4.96. The summed E-state index contributed by atoms with van der Waals surface area (Å²) in [5.41, 5.74) is 0.758. The van der Waals surface area contributed by atoms with Gasteiger partial charge in [0.25, 0.3) is 5.91 Å². The SMILES string of the molecule is CNC1CCCN(C(=O)c2cccn2CCOC)C1. The van der Waals surface area contributed by atoms with Crippen LogP contribution in [0, 0.1) is 0 Å². The van der Waals surface area contributed by atoms with Gasteiger partial charge in [-0.2, -0.15) is 0 Å². The van der Waals surface area contributed by atoms with Crippen molar-refractivity contribution in [3.8, 4) is 0 Å². The largest absolute Gasteiger partial charge is 0.383 e. The minimum absolute atomic E-state index is 0.126. The lowest BCUT2D eigenvalue weighted by atomic mass is 10.1. The predicted molar refractivity (Wildman–Crippen MR) is 74.3 cm³/mol. The summed E-state index contributed by atoms with van der Waals surface area (Å²) in [4.78, 5) is 14.5. The van der Waals surface area contributed by atoms with E-state index in [1.807, 2.05) is 34.8 Å². The topological polar surface area (TPSA) is 46.5 Å². The smallest absolute Gasteiger partial charge is 0.270 e. The Morgan fingerprint density at radius 3 is 3.16 bits per heavy atom. The highest BCUT2D eigenvalue weighted by Crippen LogP contribution is 2.14. The number of likely N-dealkylation sites (tertiary alicyclic amines) is 1. The van der Waals surface area contributed by atoms with Crippen LogP contribution in [0.4, 0.5) is 0 Å². The second kappa shape index (κ2) is 6.73. The molecular formula is C14H23N3O2. The molecule has 0 aromatic carbocycles. The Hall–Kier alpha value is -1.33. The number of hydrogen-bond acceptors (Lipinski definition) is 3. The van der Waals surface area contributed by atoms with Crippen LogP contribution < -0.4 is 5.32 Å². The molecule has 0 aliphatic carbocycles. The maximum atomic E-state index is 12.5. The summed E-state index contributed by atoms with van der Waals surface area (Å²) < 4.78 is 7.04. The lowest BCUT2D eigenvalue weighted by Gasteiger charge is -2.32. The molecule has 106 valence electrons. The van der Waals surface area contributed by atoms with E-state index in [0.717, 1.165) is 31.6 Å². The van der Waals surface area contributed by atoms with Gasteiger partial charge in [-0.05, 0) is 32.0 Å². The van der Waals surface area contributed by atoms with Crippen molar-refractivity contribution in [2.24, 2.45) is 0 Å². The third-order valence-electron chi connectivity index (χ3n) is 3.70. The van der Waals surface area contributed by atoms with Gasteiger partial charge in [-0.1, -0.05) is 0 Å². The molecule has 5 nitrogen and oxygen atoms in total. The van der Waals surface area contributed by atoms with Gasteiger partial charge in [0.15, 0.2) is 0 Å². The maximum Gasteiger partial charge on any atom is 0.270 e. The van der Waals surface area contributed by atoms with E-state index in [9.17, 15) is 4.79 Å². The highest BCUT2D eigenvalue weighted by molar-refractivity contribution is 5.92. The molecule has 0 spiro atoms. The van der Waals surface area contributed by atoms with Crippen LogP contribution in [0.25, 0.3) is 0 Å². The minimum atomic E-state index is 0.126. The average Bonchev–Trinajstić information content (AvgIpc) is 2.92. The number of methoxy groups -OCH3 is 1. The third-order valence-corrected chi connectivity index (χ3v) is 3.70. The quantitative estimate of drug-likeness (QED) is 0.862. The van der Waals surface area contributed by atoms with Crippen molar-refractivity contribution in [3.63, 3.8) is 0 Å². The number of carbonyl (C=O) groups is 1. The van der Waals surface area contributed by atoms with Crippen molar-refractivity contribution >= 4 is 5.91 Å². The summed E-state index contributed by atoms with van der Waals surface area (Å²) in [6, 6.07) is 4.23. The number of piperidine rings is 1. The standard InChI is InChI=1S/C14H23N3O2/c1-15-12-5-3-8-17(11-12)14(18)13-6-4-7-16(13)9-10-19-2/h4,6-7,12,15H,3,5,8-11H2,1-2H3. The van der Waals surface area contributed by atoms with Crippen molar-refractivity contribution in [2.75, 3.05) is 33.9 Å². The number of ether oxygens (including phenoxy) is 1. The first-order valence-corrected chi connectivity index (χ1v) is 6.87. The van der Waals surface area contributed by atoms with E-state index in [-0.39, 0.29) is 5.91 Å². The monoisotopic (exact) mass is 265 g/mol. The average molecular weight is 265 g/mol. The Balaban J connectivity index is 2.04. The van der Waals surface area contributed by atoms with E-state index in [1.54, 1.807) is 7.11 Å². The van der Waals surface area contributed by atoms with Gasteiger partial charge in [-0.15, -0.1) is 0 Å². The second-order valence-corrected chi connectivity index (χ2v) is 4.96. The number of likely N-dealkylation sites (N-methyl/N-ethyl adjacent to an activating group) is 1. The van der Waals surface area contributed by atoms with E-state index in [1.165, 1.54) is 0 Å². The van der Waals surface area contributed by atoms with Crippen molar-refractivity contribution < 1.29 is 9.53 Å². The van der Waals surface area contributed by atoms with Crippen molar-refractivity contribution in [1.82, 2.24) is 14.8 Å². The summed E-state index contributed by atoms with van der Waals surface area (Å²) in [7, 11) is 3.63. The lowest BCUT2D eigenvalue weighted by Crippen LogP contribution is -2.47. The first kappa shape index (κ1) is 14.1. The molecule has 2 rings (SSSR count). The van der Waals surface area contributed by atoms with Crippen molar-refractivity contribution in [1.29, 1.82) is 0 Å². The number of rotatable bonds is 5. The molecule has 1 aliphatic rings. The zero-order valence-corrected chi connectivity index (χ0v) is 11.8.